The van der Waals surface area contributed by atoms with Gasteiger partial charge in [0.25, 0.3) is 0 Å². The Bertz CT molecular complexity index is 441. The molecule has 0 spiro atoms. The fraction of sp³-hybridized carbons (Fsp3) is 0.905. The third-order valence-corrected chi connectivity index (χ3v) is 5.06. The van der Waals surface area contributed by atoms with Gasteiger partial charge in [-0.2, -0.15) is 0 Å². The van der Waals surface area contributed by atoms with Crippen LogP contribution in [-0.2, 0) is 19.2 Å². The maximum Gasteiger partial charge on any atom is 0.325 e. The molecule has 0 aliphatic carbocycles. The molecule has 1 aliphatic heterocycles. The van der Waals surface area contributed by atoms with Gasteiger partial charge in [0.15, 0.2) is 0 Å². The van der Waals surface area contributed by atoms with Gasteiger partial charge in [-0.15, -0.1) is 5.06 Å². The van der Waals surface area contributed by atoms with Gasteiger partial charge in [0.2, 0.25) is 0 Å². The minimum absolute atomic E-state index is 0.143. The Morgan fingerprint density at radius 3 is 1.92 bits per heavy atom. The van der Waals surface area contributed by atoms with Crippen LogP contribution in [0.4, 0.5) is 0 Å². The highest BCUT2D eigenvalue weighted by molar-refractivity contribution is 5.69. The summed E-state index contributed by atoms with van der Waals surface area (Å²) in [5, 5.41) is 1.82. The quantitative estimate of drug-likeness (QED) is 0.393. The molecule has 0 radical (unpaired) electrons. The van der Waals surface area contributed by atoms with Gasteiger partial charge >= 0.3 is 11.9 Å². The summed E-state index contributed by atoms with van der Waals surface area (Å²) in [5.41, 5.74) is -0.755. The number of nitrogens with zero attached hydrogens (tertiary/aromatic N) is 1. The van der Waals surface area contributed by atoms with Crippen LogP contribution in [0.5, 0.6) is 0 Å². The van der Waals surface area contributed by atoms with Gasteiger partial charge in [-0.3, -0.25) is 9.59 Å². The van der Waals surface area contributed by atoms with Gasteiger partial charge in [-0.25, -0.2) is 0 Å². The fourth-order valence-corrected chi connectivity index (χ4v) is 4.11. The van der Waals surface area contributed by atoms with Crippen LogP contribution in [0, 0.1) is 0 Å². The molecule has 1 aliphatic rings. The molecule has 152 valence electrons. The molecular weight excluding hydrogens is 330 g/mol. The average Bonchev–Trinajstić information content (AvgIpc) is 2.48. The first-order valence-electron chi connectivity index (χ1n) is 10.3. The molecule has 0 aromatic heterocycles. The Labute approximate surface area is 159 Å². The number of carbonyl (C=O) groups is 2. The highest BCUT2D eigenvalue weighted by atomic mass is 16.7. The summed E-state index contributed by atoms with van der Waals surface area (Å²) in [6, 6.07) is 0. The normalized spacial score (nSPS) is 19.9. The van der Waals surface area contributed by atoms with Crippen LogP contribution in [0.3, 0.4) is 0 Å². The third kappa shape index (κ3) is 7.65. The summed E-state index contributed by atoms with van der Waals surface area (Å²) >= 11 is 0. The Hall–Kier alpha value is -1.10. The molecule has 0 atom stereocenters. The second-order valence-corrected chi connectivity index (χ2v) is 8.89. The second kappa shape index (κ2) is 10.3. The summed E-state index contributed by atoms with van der Waals surface area (Å²) in [5.74, 6) is -0.420. The maximum absolute atomic E-state index is 12.3. The molecule has 1 saturated heterocycles. The number of hydrogen-bond acceptors (Lipinski definition) is 5. The lowest BCUT2D eigenvalue weighted by Crippen LogP contribution is -2.62. The highest BCUT2D eigenvalue weighted by Gasteiger charge is 2.49. The van der Waals surface area contributed by atoms with Gasteiger partial charge in [-0.05, 0) is 34.1 Å². The molecule has 26 heavy (non-hydrogen) atoms. The van der Waals surface area contributed by atoms with E-state index in [-0.39, 0.29) is 29.1 Å². The molecule has 0 aromatic carbocycles. The molecule has 0 aromatic rings. The van der Waals surface area contributed by atoms with E-state index in [1.165, 1.54) is 39.0 Å². The first kappa shape index (κ1) is 22.9. The summed E-state index contributed by atoms with van der Waals surface area (Å²) in [6.45, 7) is 11.8. The number of carbonyl (C=O) groups excluding carboxylic acids is 2. The number of hydrogen-bond donors (Lipinski definition) is 0. The van der Waals surface area contributed by atoms with Crippen molar-refractivity contribution in [3.63, 3.8) is 0 Å². The molecule has 0 amide bonds. The van der Waals surface area contributed by atoms with Gasteiger partial charge in [-0.1, -0.05) is 45.4 Å². The number of hydroxylamine groups is 2. The van der Waals surface area contributed by atoms with E-state index in [0.717, 1.165) is 12.8 Å². The molecule has 0 N–H and O–H groups in total. The average molecular weight is 370 g/mol. The standard InChI is InChI=1S/C21H39NO4/c1-7-8-9-10-11-12-13-14-19(24)26-22-20(3,4)15-18(25-17(2)23)16-21(22,5)6/h18H,7-16H2,1-6H3. The lowest BCUT2D eigenvalue weighted by molar-refractivity contribution is -0.277. The van der Waals surface area contributed by atoms with Crippen LogP contribution in [0.2, 0.25) is 0 Å². The van der Waals surface area contributed by atoms with Crippen molar-refractivity contribution in [3.8, 4) is 0 Å². The zero-order valence-corrected chi connectivity index (χ0v) is 17.7. The van der Waals surface area contributed by atoms with Crippen molar-refractivity contribution >= 4 is 11.9 Å². The summed E-state index contributed by atoms with van der Waals surface area (Å²) in [7, 11) is 0. The van der Waals surface area contributed by atoms with E-state index in [1.807, 2.05) is 32.8 Å². The van der Waals surface area contributed by atoms with Crippen LogP contribution >= 0.6 is 0 Å². The first-order chi connectivity index (χ1) is 12.1. The van der Waals surface area contributed by atoms with Crippen LogP contribution < -0.4 is 0 Å². The van der Waals surface area contributed by atoms with Gasteiger partial charge in [0.1, 0.15) is 6.10 Å². The Balaban J connectivity index is 2.46. The lowest BCUT2D eigenvalue weighted by atomic mass is 9.80. The Kier molecular flexibility index (Phi) is 9.08. The molecule has 5 nitrogen and oxygen atoms in total. The highest BCUT2D eigenvalue weighted by Crippen LogP contribution is 2.40. The van der Waals surface area contributed by atoms with E-state index in [1.54, 1.807) is 0 Å². The molecule has 1 heterocycles. The molecule has 0 unspecified atom stereocenters. The number of piperidine rings is 1. The van der Waals surface area contributed by atoms with Crippen molar-refractivity contribution in [2.24, 2.45) is 0 Å². The SMILES string of the molecule is CCCCCCCCCC(=O)ON1C(C)(C)CC(OC(C)=O)CC1(C)C. The van der Waals surface area contributed by atoms with Gasteiger partial charge in [0, 0.05) is 26.2 Å². The summed E-state index contributed by atoms with van der Waals surface area (Å²) in [6.07, 6.45) is 9.89. The number of rotatable bonds is 10. The molecule has 1 fully saturated rings. The maximum atomic E-state index is 12.3. The van der Waals surface area contributed by atoms with E-state index in [4.69, 9.17) is 9.57 Å². The van der Waals surface area contributed by atoms with Crippen molar-refractivity contribution in [2.75, 3.05) is 0 Å². The first-order valence-corrected chi connectivity index (χ1v) is 10.3. The van der Waals surface area contributed by atoms with Crippen molar-refractivity contribution in [1.82, 2.24) is 5.06 Å². The van der Waals surface area contributed by atoms with Crippen molar-refractivity contribution < 1.29 is 19.2 Å². The van der Waals surface area contributed by atoms with E-state index in [2.05, 4.69) is 6.92 Å². The van der Waals surface area contributed by atoms with Crippen molar-refractivity contribution in [1.29, 1.82) is 0 Å². The Morgan fingerprint density at radius 2 is 1.42 bits per heavy atom. The largest absolute Gasteiger partial charge is 0.462 e. The minimum atomic E-state index is -0.377. The Morgan fingerprint density at radius 1 is 0.923 bits per heavy atom. The van der Waals surface area contributed by atoms with E-state index in [0.29, 0.717) is 19.3 Å². The van der Waals surface area contributed by atoms with Gasteiger partial charge in [0.05, 0.1) is 11.1 Å². The van der Waals surface area contributed by atoms with Crippen LogP contribution in [-0.4, -0.2) is 34.2 Å². The molecule has 5 heteroatoms. The number of esters is 1. The monoisotopic (exact) mass is 369 g/mol. The second-order valence-electron chi connectivity index (χ2n) is 8.89. The van der Waals surface area contributed by atoms with Crippen LogP contribution in [0.25, 0.3) is 0 Å². The topological polar surface area (TPSA) is 55.8 Å². The summed E-state index contributed by atoms with van der Waals surface area (Å²) < 4.78 is 5.43. The predicted molar refractivity (Wildman–Crippen MR) is 103 cm³/mol. The number of unbranched alkanes of at least 4 members (excludes halogenated alkanes) is 6. The molecule has 1 rings (SSSR count). The molecular formula is C21H39NO4. The number of ether oxygens (including phenoxy) is 1. The van der Waals surface area contributed by atoms with Crippen LogP contribution in [0.15, 0.2) is 0 Å². The molecule has 0 saturated carbocycles. The van der Waals surface area contributed by atoms with Crippen molar-refractivity contribution in [3.05, 3.63) is 0 Å². The fourth-order valence-electron chi connectivity index (χ4n) is 4.11. The zero-order valence-electron chi connectivity index (χ0n) is 17.7. The zero-order chi connectivity index (χ0) is 19.8. The van der Waals surface area contributed by atoms with E-state index < -0.39 is 0 Å². The van der Waals surface area contributed by atoms with E-state index >= 15 is 0 Å². The van der Waals surface area contributed by atoms with Crippen molar-refractivity contribution in [2.45, 2.75) is 123 Å². The van der Waals surface area contributed by atoms with E-state index in [9.17, 15) is 9.59 Å². The third-order valence-electron chi connectivity index (χ3n) is 5.06. The summed E-state index contributed by atoms with van der Waals surface area (Å²) in [4.78, 5) is 29.4. The van der Waals surface area contributed by atoms with Crippen LogP contribution in [0.1, 0.15) is 106 Å². The van der Waals surface area contributed by atoms with Gasteiger partial charge < -0.3 is 9.57 Å². The lowest BCUT2D eigenvalue weighted by Gasteiger charge is -2.52. The smallest absolute Gasteiger partial charge is 0.325 e. The predicted octanol–water partition coefficient (Wildman–Crippen LogP) is 5.17. The molecule has 0 bridgehead atoms. The minimum Gasteiger partial charge on any atom is -0.462 e.